The number of hydrogen-bond donors (Lipinski definition) is 0. The maximum atomic E-state index is 13.6. The van der Waals surface area contributed by atoms with E-state index in [1.165, 1.54) is 6.20 Å². The number of anilines is 1. The number of hydrogen-bond acceptors (Lipinski definition) is 6. The Morgan fingerprint density at radius 3 is 2.23 bits per heavy atom. The van der Waals surface area contributed by atoms with Gasteiger partial charge in [-0.25, -0.2) is 8.42 Å². The number of aromatic nitrogens is 1. The lowest BCUT2D eigenvalue weighted by Gasteiger charge is -2.34. The van der Waals surface area contributed by atoms with Gasteiger partial charge >= 0.3 is 0 Å². The number of benzene rings is 2. The minimum Gasteiger partial charge on any atom is -0.497 e. The Balaban J connectivity index is 1.92. The van der Waals surface area contributed by atoms with Crippen LogP contribution in [0.2, 0.25) is 0 Å². The first-order chi connectivity index (χ1) is 14.4. The van der Waals surface area contributed by atoms with E-state index < -0.39 is 9.84 Å². The van der Waals surface area contributed by atoms with Crippen molar-refractivity contribution in [1.82, 2.24) is 4.98 Å². The molecule has 3 aromatic rings. The van der Waals surface area contributed by atoms with Crippen LogP contribution in [0.4, 0.5) is 5.69 Å². The molecule has 0 amide bonds. The first-order valence-corrected chi connectivity index (χ1v) is 11.5. The van der Waals surface area contributed by atoms with Crippen LogP contribution in [0.25, 0.3) is 10.9 Å². The molecule has 0 unspecified atom stereocenters. The minimum absolute atomic E-state index is 0.221. The van der Waals surface area contributed by atoms with E-state index in [2.05, 4.69) is 16.8 Å². The van der Waals surface area contributed by atoms with E-state index in [4.69, 9.17) is 9.47 Å². The molecule has 6 nitrogen and oxygen atoms in total. The molecule has 2 heterocycles. The van der Waals surface area contributed by atoms with E-state index in [0.717, 1.165) is 36.8 Å². The van der Waals surface area contributed by atoms with Crippen molar-refractivity contribution in [3.63, 3.8) is 0 Å². The average Bonchev–Trinajstić information content (AvgIpc) is 2.78. The number of methoxy groups -OCH3 is 2. The second-order valence-electron chi connectivity index (χ2n) is 7.70. The van der Waals surface area contributed by atoms with Crippen molar-refractivity contribution in [3.8, 4) is 11.5 Å². The van der Waals surface area contributed by atoms with E-state index in [1.807, 2.05) is 18.2 Å². The molecule has 0 spiro atoms. The zero-order valence-corrected chi connectivity index (χ0v) is 18.3. The van der Waals surface area contributed by atoms with Gasteiger partial charge in [0.1, 0.15) is 16.4 Å². The van der Waals surface area contributed by atoms with Crippen LogP contribution < -0.4 is 14.4 Å². The predicted octanol–water partition coefficient (Wildman–Crippen LogP) is 4.32. The van der Waals surface area contributed by atoms with Gasteiger partial charge in [-0.2, -0.15) is 0 Å². The summed E-state index contributed by atoms with van der Waals surface area (Å²) in [4.78, 5) is 7.09. The van der Waals surface area contributed by atoms with Crippen molar-refractivity contribution in [2.75, 3.05) is 32.2 Å². The summed E-state index contributed by atoms with van der Waals surface area (Å²) in [5.74, 6) is 1.92. The number of pyridine rings is 1. The van der Waals surface area contributed by atoms with Gasteiger partial charge in [-0.1, -0.05) is 6.92 Å². The Hall–Kier alpha value is -2.80. The summed E-state index contributed by atoms with van der Waals surface area (Å²) in [6, 6.07) is 12.1. The molecule has 1 aliphatic rings. The second-order valence-corrected chi connectivity index (χ2v) is 9.62. The minimum atomic E-state index is -3.77. The molecule has 0 saturated carbocycles. The molecule has 0 aliphatic carbocycles. The average molecular weight is 427 g/mol. The Morgan fingerprint density at radius 2 is 1.60 bits per heavy atom. The summed E-state index contributed by atoms with van der Waals surface area (Å²) in [5.41, 5.74) is 1.46. The number of nitrogens with zero attached hydrogens (tertiary/aromatic N) is 2. The molecule has 0 N–H and O–H groups in total. The van der Waals surface area contributed by atoms with Crippen LogP contribution in [0.5, 0.6) is 11.5 Å². The van der Waals surface area contributed by atoms with E-state index >= 15 is 0 Å². The van der Waals surface area contributed by atoms with Crippen LogP contribution in [-0.4, -0.2) is 40.7 Å². The molecule has 158 valence electrons. The van der Waals surface area contributed by atoms with Crippen molar-refractivity contribution in [2.45, 2.75) is 29.6 Å². The molecule has 30 heavy (non-hydrogen) atoms. The summed E-state index contributed by atoms with van der Waals surface area (Å²) < 4.78 is 37.8. The fraction of sp³-hybridized carbons (Fsp3) is 0.348. The number of fused-ring (bicyclic) bond motifs is 1. The largest absolute Gasteiger partial charge is 0.497 e. The smallest absolute Gasteiger partial charge is 0.210 e. The molecule has 1 aliphatic heterocycles. The zero-order chi connectivity index (χ0) is 21.3. The lowest BCUT2D eigenvalue weighted by atomic mass is 9.98. The molecule has 7 heteroatoms. The zero-order valence-electron chi connectivity index (χ0n) is 17.5. The molecule has 2 aromatic carbocycles. The summed E-state index contributed by atoms with van der Waals surface area (Å²) in [5, 5.41) is 0.790. The van der Waals surface area contributed by atoms with Crippen molar-refractivity contribution in [2.24, 2.45) is 5.92 Å². The van der Waals surface area contributed by atoms with Crippen LogP contribution in [0.1, 0.15) is 19.8 Å². The lowest BCUT2D eigenvalue weighted by Crippen LogP contribution is -2.34. The Morgan fingerprint density at radius 1 is 0.967 bits per heavy atom. The first kappa shape index (κ1) is 20.5. The lowest BCUT2D eigenvalue weighted by molar-refractivity contribution is 0.414. The first-order valence-electron chi connectivity index (χ1n) is 10.0. The van der Waals surface area contributed by atoms with E-state index in [1.54, 1.807) is 38.5 Å². The number of piperidine rings is 1. The van der Waals surface area contributed by atoms with Gasteiger partial charge in [0.05, 0.1) is 30.3 Å². The van der Waals surface area contributed by atoms with E-state index in [-0.39, 0.29) is 9.79 Å². The molecule has 0 atom stereocenters. The van der Waals surface area contributed by atoms with Gasteiger partial charge in [0.25, 0.3) is 0 Å². The van der Waals surface area contributed by atoms with Crippen LogP contribution in [0.15, 0.2) is 58.5 Å². The van der Waals surface area contributed by atoms with Gasteiger partial charge in [0, 0.05) is 24.7 Å². The molecule has 4 rings (SSSR count). The van der Waals surface area contributed by atoms with Gasteiger partial charge in [0.15, 0.2) is 0 Å². The normalized spacial score (nSPS) is 15.4. The summed E-state index contributed by atoms with van der Waals surface area (Å²) in [6.45, 7) is 3.85. The van der Waals surface area contributed by atoms with Crippen LogP contribution >= 0.6 is 0 Å². The van der Waals surface area contributed by atoms with Gasteiger partial charge in [-0.05, 0) is 61.2 Å². The van der Waals surface area contributed by atoms with Crippen LogP contribution in [-0.2, 0) is 9.84 Å². The highest BCUT2D eigenvalue weighted by molar-refractivity contribution is 7.91. The third-order valence-corrected chi connectivity index (χ3v) is 7.54. The van der Waals surface area contributed by atoms with Crippen LogP contribution in [0, 0.1) is 5.92 Å². The standard InChI is InChI=1S/C23H26N2O4S/c1-16-10-12-25(13-11-16)23-20-14-18(29-3)6-9-21(20)24-15-22(23)30(26,27)19-7-4-17(28-2)5-8-19/h4-9,14-16H,10-13H2,1-3H3. The van der Waals surface area contributed by atoms with Crippen molar-refractivity contribution < 1.29 is 17.9 Å². The van der Waals surface area contributed by atoms with Gasteiger partial charge in [-0.15, -0.1) is 0 Å². The maximum Gasteiger partial charge on any atom is 0.210 e. The van der Waals surface area contributed by atoms with E-state index in [9.17, 15) is 8.42 Å². The fourth-order valence-corrected chi connectivity index (χ4v) is 5.34. The van der Waals surface area contributed by atoms with Crippen molar-refractivity contribution >= 4 is 26.4 Å². The molecule has 1 saturated heterocycles. The highest BCUT2D eigenvalue weighted by Gasteiger charge is 2.28. The topological polar surface area (TPSA) is 68.7 Å². The third-order valence-electron chi connectivity index (χ3n) is 5.77. The monoisotopic (exact) mass is 426 g/mol. The third kappa shape index (κ3) is 3.69. The predicted molar refractivity (Wildman–Crippen MR) is 117 cm³/mol. The number of sulfone groups is 1. The number of rotatable bonds is 5. The summed E-state index contributed by atoms with van der Waals surface area (Å²) in [6.07, 6.45) is 3.54. The van der Waals surface area contributed by atoms with Crippen LogP contribution in [0.3, 0.4) is 0 Å². The Labute approximate surface area is 177 Å². The molecule has 1 fully saturated rings. The van der Waals surface area contributed by atoms with E-state index in [0.29, 0.717) is 23.1 Å². The quantitative estimate of drug-likeness (QED) is 0.605. The molecule has 0 bridgehead atoms. The SMILES string of the molecule is COc1ccc(S(=O)(=O)c2cnc3ccc(OC)cc3c2N2CCC(C)CC2)cc1. The van der Waals surface area contributed by atoms with Gasteiger partial charge in [-0.3, -0.25) is 4.98 Å². The van der Waals surface area contributed by atoms with Gasteiger partial charge < -0.3 is 14.4 Å². The summed E-state index contributed by atoms with van der Waals surface area (Å²) in [7, 11) is -0.608. The second kappa shape index (κ2) is 8.14. The molecule has 0 radical (unpaired) electrons. The van der Waals surface area contributed by atoms with Gasteiger partial charge in [0.2, 0.25) is 9.84 Å². The fourth-order valence-electron chi connectivity index (χ4n) is 3.90. The highest BCUT2D eigenvalue weighted by Crippen LogP contribution is 2.39. The molecular weight excluding hydrogens is 400 g/mol. The summed E-state index contributed by atoms with van der Waals surface area (Å²) >= 11 is 0. The van der Waals surface area contributed by atoms with Crippen molar-refractivity contribution in [3.05, 3.63) is 48.7 Å². The molecular formula is C23H26N2O4S. The van der Waals surface area contributed by atoms with Crippen molar-refractivity contribution in [1.29, 1.82) is 0 Å². The Kier molecular flexibility index (Phi) is 5.56. The maximum absolute atomic E-state index is 13.6. The number of ether oxygens (including phenoxy) is 2. The highest BCUT2D eigenvalue weighted by atomic mass is 32.2. The molecule has 1 aromatic heterocycles. The Bertz CT molecular complexity index is 1150.